The fourth-order valence-corrected chi connectivity index (χ4v) is 3.81. The van der Waals surface area contributed by atoms with Gasteiger partial charge in [-0.25, -0.2) is 0 Å². The van der Waals surface area contributed by atoms with E-state index in [9.17, 15) is 0 Å². The monoisotopic (exact) mass is 310 g/mol. The molecule has 0 aliphatic carbocycles. The molecule has 0 spiro atoms. The summed E-state index contributed by atoms with van der Waals surface area (Å²) in [5.74, 6) is 0. The van der Waals surface area contributed by atoms with E-state index in [4.69, 9.17) is 0 Å². The molecule has 0 heterocycles. The summed E-state index contributed by atoms with van der Waals surface area (Å²) in [4.78, 5) is 0. The lowest BCUT2D eigenvalue weighted by Crippen LogP contribution is -1.86. The summed E-state index contributed by atoms with van der Waals surface area (Å²) >= 11 is 0. The Morgan fingerprint density at radius 1 is 0.458 bits per heavy atom. The highest BCUT2D eigenvalue weighted by Crippen LogP contribution is 2.31. The van der Waals surface area contributed by atoms with Crippen molar-refractivity contribution < 1.29 is 0 Å². The quantitative estimate of drug-likeness (QED) is 0.330. The van der Waals surface area contributed by atoms with E-state index in [0.717, 1.165) is 0 Å². The maximum Gasteiger partial charge on any atom is -0.0102 e. The first-order valence-electron chi connectivity index (χ1n) is 8.55. The number of rotatable bonds is 0. The molecular formula is C24H22. The molecule has 0 atom stereocenters. The summed E-state index contributed by atoms with van der Waals surface area (Å²) in [5.41, 5.74) is 5.32. The van der Waals surface area contributed by atoms with Gasteiger partial charge in [-0.3, -0.25) is 0 Å². The molecule has 24 heavy (non-hydrogen) atoms. The molecule has 0 saturated carbocycles. The zero-order valence-electron chi connectivity index (χ0n) is 14.8. The molecule has 0 fully saturated rings. The predicted octanol–water partition coefficient (Wildman–Crippen LogP) is 6.94. The van der Waals surface area contributed by atoms with Crippen LogP contribution in [-0.4, -0.2) is 0 Å². The molecule has 4 rings (SSSR count). The van der Waals surface area contributed by atoms with Crippen LogP contribution in [0.15, 0.2) is 60.7 Å². The van der Waals surface area contributed by atoms with Crippen molar-refractivity contribution in [2.24, 2.45) is 0 Å². The van der Waals surface area contributed by atoms with Crippen LogP contribution in [0.25, 0.3) is 32.3 Å². The average Bonchev–Trinajstić information content (AvgIpc) is 2.57. The van der Waals surface area contributed by atoms with Gasteiger partial charge in [0.25, 0.3) is 0 Å². The van der Waals surface area contributed by atoms with Gasteiger partial charge in [-0.05, 0) is 82.3 Å². The largest absolute Gasteiger partial charge is 0.0616 e. The Balaban J connectivity index is 2.45. The minimum atomic E-state index is 1.31. The number of hydrogen-bond donors (Lipinski definition) is 0. The van der Waals surface area contributed by atoms with Crippen LogP contribution in [0.4, 0.5) is 0 Å². The molecule has 4 aromatic rings. The van der Waals surface area contributed by atoms with Gasteiger partial charge < -0.3 is 0 Å². The zero-order valence-corrected chi connectivity index (χ0v) is 14.8. The van der Waals surface area contributed by atoms with Crippen molar-refractivity contribution in [3.05, 3.63) is 82.9 Å². The third-order valence-corrected chi connectivity index (χ3v) is 5.13. The molecule has 0 aromatic heterocycles. The van der Waals surface area contributed by atoms with Gasteiger partial charge in [-0.15, -0.1) is 0 Å². The fraction of sp³-hybridized carbons (Fsp3) is 0.167. The van der Waals surface area contributed by atoms with E-state index in [2.05, 4.69) is 88.4 Å². The Morgan fingerprint density at radius 2 is 0.875 bits per heavy atom. The number of aryl methyl sites for hydroxylation is 4. The van der Waals surface area contributed by atoms with Crippen molar-refractivity contribution in [1.29, 1.82) is 0 Å². The van der Waals surface area contributed by atoms with Gasteiger partial charge >= 0.3 is 0 Å². The fourth-order valence-electron chi connectivity index (χ4n) is 3.81. The number of hydrogen-bond acceptors (Lipinski definition) is 0. The second-order valence-corrected chi connectivity index (χ2v) is 6.93. The second-order valence-electron chi connectivity index (χ2n) is 6.93. The van der Waals surface area contributed by atoms with Gasteiger partial charge in [0.1, 0.15) is 0 Å². The lowest BCUT2D eigenvalue weighted by molar-refractivity contribution is 1.46. The highest BCUT2D eigenvalue weighted by molar-refractivity contribution is 6.09. The first-order valence-corrected chi connectivity index (χ1v) is 8.55. The highest BCUT2D eigenvalue weighted by Gasteiger charge is 2.06. The standard InChI is InChI=1S/C24H22/c1-15-11-19-9-10-20-12-16(2)14-24(18(20)4)22-8-6-5-7-21(22)23(13-15)17(19)3/h5-14H,1-4H3. The van der Waals surface area contributed by atoms with Crippen LogP contribution in [0, 0.1) is 27.7 Å². The Labute approximate surface area is 143 Å². The van der Waals surface area contributed by atoms with E-state index >= 15 is 0 Å². The van der Waals surface area contributed by atoms with E-state index in [0.29, 0.717) is 0 Å². The van der Waals surface area contributed by atoms with Gasteiger partial charge in [0.2, 0.25) is 0 Å². The molecule has 0 nitrogen and oxygen atoms in total. The summed E-state index contributed by atoms with van der Waals surface area (Å²) in [5, 5.41) is 7.96. The molecule has 0 N–H and O–H groups in total. The highest BCUT2D eigenvalue weighted by atomic mass is 14.1. The number of benzene rings is 3. The van der Waals surface area contributed by atoms with Crippen LogP contribution >= 0.6 is 0 Å². The normalized spacial score (nSPS) is 11.3. The van der Waals surface area contributed by atoms with E-state index < -0.39 is 0 Å². The van der Waals surface area contributed by atoms with Gasteiger partial charge in [0.05, 0.1) is 0 Å². The predicted molar refractivity (Wildman–Crippen MR) is 107 cm³/mol. The van der Waals surface area contributed by atoms with Crippen molar-refractivity contribution in [3.63, 3.8) is 0 Å². The molecule has 0 unspecified atom stereocenters. The van der Waals surface area contributed by atoms with Crippen molar-refractivity contribution in [2.45, 2.75) is 27.7 Å². The van der Waals surface area contributed by atoms with Crippen LogP contribution in [-0.2, 0) is 0 Å². The van der Waals surface area contributed by atoms with Gasteiger partial charge in [-0.1, -0.05) is 60.7 Å². The molecule has 0 aliphatic rings. The third-order valence-electron chi connectivity index (χ3n) is 5.13. The van der Waals surface area contributed by atoms with Gasteiger partial charge in [0, 0.05) is 0 Å². The Kier molecular flexibility index (Phi) is 3.42. The van der Waals surface area contributed by atoms with Gasteiger partial charge in [0.15, 0.2) is 0 Å². The van der Waals surface area contributed by atoms with E-state index in [1.807, 2.05) is 0 Å². The molecule has 118 valence electrons. The molecule has 0 saturated heterocycles. The smallest absolute Gasteiger partial charge is 0.0102 e. The summed E-state index contributed by atoms with van der Waals surface area (Å²) in [6.45, 7) is 8.84. The average molecular weight is 310 g/mol. The Morgan fingerprint density at radius 3 is 1.29 bits per heavy atom. The minimum Gasteiger partial charge on any atom is -0.0616 e. The van der Waals surface area contributed by atoms with E-state index in [-0.39, 0.29) is 0 Å². The topological polar surface area (TPSA) is 0 Å². The van der Waals surface area contributed by atoms with Crippen LogP contribution in [0.1, 0.15) is 22.3 Å². The second kappa shape index (κ2) is 5.49. The van der Waals surface area contributed by atoms with Crippen LogP contribution < -0.4 is 0 Å². The van der Waals surface area contributed by atoms with Crippen LogP contribution in [0.2, 0.25) is 0 Å². The summed E-state index contributed by atoms with van der Waals surface area (Å²) < 4.78 is 0. The minimum absolute atomic E-state index is 1.31. The van der Waals surface area contributed by atoms with Crippen LogP contribution in [0.3, 0.4) is 0 Å². The first kappa shape index (κ1) is 15.0. The summed E-state index contributed by atoms with van der Waals surface area (Å²) in [7, 11) is 0. The molecule has 0 aliphatic heterocycles. The maximum atomic E-state index is 2.32. The van der Waals surface area contributed by atoms with Gasteiger partial charge in [-0.2, -0.15) is 0 Å². The SMILES string of the molecule is Cc1cc2ccc3cc(C)cc(c3C)c3ccccc3c(c1)c2C. The first-order chi connectivity index (χ1) is 11.5. The molecule has 4 bridgehead atoms. The Hall–Kier alpha value is -2.60. The van der Waals surface area contributed by atoms with E-state index in [1.165, 1.54) is 54.6 Å². The summed E-state index contributed by atoms with van der Waals surface area (Å²) in [6.07, 6.45) is 0. The molecule has 0 heteroatoms. The van der Waals surface area contributed by atoms with Crippen molar-refractivity contribution in [1.82, 2.24) is 0 Å². The number of fused-ring (bicyclic) bond motifs is 7. The zero-order chi connectivity index (χ0) is 16.8. The summed E-state index contributed by atoms with van der Waals surface area (Å²) in [6, 6.07) is 22.6. The van der Waals surface area contributed by atoms with E-state index in [1.54, 1.807) is 0 Å². The van der Waals surface area contributed by atoms with Crippen molar-refractivity contribution >= 4 is 32.3 Å². The Bertz CT molecular complexity index is 1040. The third kappa shape index (κ3) is 2.30. The molecule has 4 aromatic carbocycles. The van der Waals surface area contributed by atoms with Crippen LogP contribution in [0.5, 0.6) is 0 Å². The molecular weight excluding hydrogens is 288 g/mol. The van der Waals surface area contributed by atoms with Crippen molar-refractivity contribution in [2.75, 3.05) is 0 Å². The molecule has 0 amide bonds. The molecule has 0 radical (unpaired) electrons. The lowest BCUT2D eigenvalue weighted by Gasteiger charge is -2.10. The maximum absolute atomic E-state index is 2.32. The van der Waals surface area contributed by atoms with Crippen molar-refractivity contribution in [3.8, 4) is 0 Å². The lowest BCUT2D eigenvalue weighted by atomic mass is 9.94.